The summed E-state index contributed by atoms with van der Waals surface area (Å²) in [6.07, 6.45) is 1.79. The first kappa shape index (κ1) is 11.0. The summed E-state index contributed by atoms with van der Waals surface area (Å²) in [4.78, 5) is 12.4. The van der Waals surface area contributed by atoms with Crippen molar-refractivity contribution < 1.29 is 9.90 Å². The van der Waals surface area contributed by atoms with Gasteiger partial charge in [-0.3, -0.25) is 4.79 Å². The van der Waals surface area contributed by atoms with Crippen LogP contribution in [0.3, 0.4) is 0 Å². The highest BCUT2D eigenvalue weighted by molar-refractivity contribution is 6.03. The second-order valence-corrected chi connectivity index (χ2v) is 4.70. The molecular formula is C16H14O2. The Balaban J connectivity index is 1.97. The Kier molecular flexibility index (Phi) is 2.63. The number of aromatic hydroxyl groups is 1. The lowest BCUT2D eigenvalue weighted by Crippen LogP contribution is -2.20. The van der Waals surface area contributed by atoms with Crippen molar-refractivity contribution in [2.75, 3.05) is 0 Å². The number of phenols is 1. The lowest BCUT2D eigenvalue weighted by molar-refractivity contribution is 0.0946. The fourth-order valence-corrected chi connectivity index (χ4v) is 2.62. The van der Waals surface area contributed by atoms with Crippen LogP contribution in [-0.4, -0.2) is 10.9 Å². The highest BCUT2D eigenvalue weighted by atomic mass is 16.3. The van der Waals surface area contributed by atoms with Gasteiger partial charge in [-0.25, -0.2) is 0 Å². The van der Waals surface area contributed by atoms with E-state index in [0.29, 0.717) is 0 Å². The molecule has 0 heterocycles. The van der Waals surface area contributed by atoms with Gasteiger partial charge in [0.2, 0.25) is 0 Å². The normalized spacial score (nSPS) is 18.4. The summed E-state index contributed by atoms with van der Waals surface area (Å²) in [5.74, 6) is 0.366. The molecule has 90 valence electrons. The average molecular weight is 238 g/mol. The van der Waals surface area contributed by atoms with Crippen molar-refractivity contribution in [1.82, 2.24) is 0 Å². The maximum Gasteiger partial charge on any atom is 0.170 e. The van der Waals surface area contributed by atoms with Crippen molar-refractivity contribution in [3.05, 3.63) is 65.2 Å². The van der Waals surface area contributed by atoms with Gasteiger partial charge in [0.1, 0.15) is 5.75 Å². The van der Waals surface area contributed by atoms with Gasteiger partial charge in [-0.2, -0.15) is 0 Å². The third-order valence-corrected chi connectivity index (χ3v) is 3.60. The number of fused-ring (bicyclic) bond motifs is 1. The lowest BCUT2D eigenvalue weighted by atomic mass is 9.79. The molecule has 2 aromatic rings. The predicted octanol–water partition coefficient (Wildman–Crippen LogP) is 3.30. The smallest absolute Gasteiger partial charge is 0.170 e. The van der Waals surface area contributed by atoms with Crippen LogP contribution >= 0.6 is 0 Å². The van der Waals surface area contributed by atoms with Crippen molar-refractivity contribution in [1.29, 1.82) is 0 Å². The van der Waals surface area contributed by atoms with E-state index in [4.69, 9.17) is 0 Å². The molecule has 1 N–H and O–H groups in total. The Morgan fingerprint density at radius 3 is 2.50 bits per heavy atom. The van der Waals surface area contributed by atoms with Crippen molar-refractivity contribution in [3.8, 4) is 5.75 Å². The molecule has 1 aliphatic rings. The fourth-order valence-electron chi connectivity index (χ4n) is 2.62. The first-order valence-corrected chi connectivity index (χ1v) is 6.17. The molecule has 0 amide bonds. The predicted molar refractivity (Wildman–Crippen MR) is 69.9 cm³/mol. The molecule has 0 bridgehead atoms. The van der Waals surface area contributed by atoms with Gasteiger partial charge in [0, 0.05) is 11.5 Å². The van der Waals surface area contributed by atoms with E-state index in [1.807, 2.05) is 36.4 Å². The summed E-state index contributed by atoms with van der Waals surface area (Å²) in [7, 11) is 0. The van der Waals surface area contributed by atoms with E-state index in [-0.39, 0.29) is 17.5 Å². The molecule has 1 aliphatic carbocycles. The van der Waals surface area contributed by atoms with Crippen molar-refractivity contribution >= 4 is 5.78 Å². The molecule has 0 saturated carbocycles. The fraction of sp³-hybridized carbons (Fsp3) is 0.188. The summed E-state index contributed by atoms with van der Waals surface area (Å²) >= 11 is 0. The number of hydrogen-bond acceptors (Lipinski definition) is 2. The van der Waals surface area contributed by atoms with Gasteiger partial charge in [-0.1, -0.05) is 36.4 Å². The molecule has 0 spiro atoms. The van der Waals surface area contributed by atoms with E-state index in [1.54, 1.807) is 12.1 Å². The van der Waals surface area contributed by atoms with Crippen LogP contribution in [0.2, 0.25) is 0 Å². The molecule has 0 unspecified atom stereocenters. The Morgan fingerprint density at radius 1 is 1.00 bits per heavy atom. The molecule has 2 heteroatoms. The van der Waals surface area contributed by atoms with Gasteiger partial charge in [0.15, 0.2) is 5.78 Å². The Morgan fingerprint density at radius 2 is 1.72 bits per heavy atom. The van der Waals surface area contributed by atoms with Crippen LogP contribution in [-0.2, 0) is 6.42 Å². The Hall–Kier alpha value is -2.09. The minimum Gasteiger partial charge on any atom is -0.508 e. The number of rotatable bonds is 1. The topological polar surface area (TPSA) is 37.3 Å². The number of carbonyl (C=O) groups is 1. The first-order valence-electron chi connectivity index (χ1n) is 6.17. The molecule has 0 aliphatic heterocycles. The van der Waals surface area contributed by atoms with Gasteiger partial charge < -0.3 is 5.11 Å². The van der Waals surface area contributed by atoms with Gasteiger partial charge in [-0.05, 0) is 36.1 Å². The Labute approximate surface area is 106 Å². The van der Waals surface area contributed by atoms with Crippen LogP contribution in [0.25, 0.3) is 0 Å². The van der Waals surface area contributed by atoms with Crippen molar-refractivity contribution in [2.45, 2.75) is 18.8 Å². The molecule has 18 heavy (non-hydrogen) atoms. The summed E-state index contributed by atoms with van der Waals surface area (Å²) in [6.45, 7) is 0. The van der Waals surface area contributed by atoms with E-state index in [9.17, 15) is 9.90 Å². The van der Waals surface area contributed by atoms with Gasteiger partial charge >= 0.3 is 0 Å². The molecule has 0 fully saturated rings. The van der Waals surface area contributed by atoms with E-state index in [2.05, 4.69) is 0 Å². The van der Waals surface area contributed by atoms with Gasteiger partial charge in [0.25, 0.3) is 0 Å². The number of phenolic OH excluding ortho intramolecular Hbond substituents is 1. The number of aryl methyl sites for hydroxylation is 1. The van der Waals surface area contributed by atoms with Crippen LogP contribution in [0.4, 0.5) is 0 Å². The van der Waals surface area contributed by atoms with E-state index < -0.39 is 0 Å². The first-order chi connectivity index (χ1) is 8.75. The van der Waals surface area contributed by atoms with Crippen molar-refractivity contribution in [3.63, 3.8) is 0 Å². The highest BCUT2D eigenvalue weighted by Gasteiger charge is 2.27. The Bertz CT molecular complexity index is 584. The number of Topliss-reactive ketones (excluding diaryl/α,β-unsaturated/α-hetero) is 1. The van der Waals surface area contributed by atoms with E-state index in [1.165, 1.54) is 0 Å². The minimum absolute atomic E-state index is 0.0690. The largest absolute Gasteiger partial charge is 0.508 e. The summed E-state index contributed by atoms with van der Waals surface area (Å²) in [5.41, 5.74) is 2.99. The summed E-state index contributed by atoms with van der Waals surface area (Å²) < 4.78 is 0. The average Bonchev–Trinajstić information content (AvgIpc) is 2.41. The molecule has 0 aromatic heterocycles. The third-order valence-electron chi connectivity index (χ3n) is 3.60. The zero-order valence-corrected chi connectivity index (χ0v) is 9.97. The molecule has 2 nitrogen and oxygen atoms in total. The second-order valence-electron chi connectivity index (χ2n) is 4.70. The highest BCUT2D eigenvalue weighted by Crippen LogP contribution is 2.33. The SMILES string of the molecule is O=C1c2ccccc2CC[C@H]1c1ccc(O)cc1. The number of benzene rings is 2. The second kappa shape index (κ2) is 4.30. The van der Waals surface area contributed by atoms with Gasteiger partial charge in [0.05, 0.1) is 0 Å². The molecule has 2 aromatic carbocycles. The molecule has 1 atom stereocenters. The quantitative estimate of drug-likeness (QED) is 0.827. The molecule has 0 saturated heterocycles. The lowest BCUT2D eigenvalue weighted by Gasteiger charge is -2.23. The van der Waals surface area contributed by atoms with Crippen molar-refractivity contribution in [2.24, 2.45) is 0 Å². The van der Waals surface area contributed by atoms with Crippen LogP contribution in [0.15, 0.2) is 48.5 Å². The third kappa shape index (κ3) is 1.80. The number of ketones is 1. The van der Waals surface area contributed by atoms with E-state index >= 15 is 0 Å². The monoisotopic (exact) mass is 238 g/mol. The standard InChI is InChI=1S/C16H14O2/c17-13-8-5-12(6-9-13)15-10-7-11-3-1-2-4-14(11)16(15)18/h1-6,8-9,15,17H,7,10H2/t15-/m0/s1. The molecule has 0 radical (unpaired) electrons. The maximum absolute atomic E-state index is 12.4. The van der Waals surface area contributed by atoms with Crippen LogP contribution < -0.4 is 0 Å². The van der Waals surface area contributed by atoms with Crippen LogP contribution in [0.1, 0.15) is 33.8 Å². The zero-order valence-electron chi connectivity index (χ0n) is 9.97. The molecule has 3 rings (SSSR count). The number of hydrogen-bond donors (Lipinski definition) is 1. The summed E-state index contributed by atoms with van der Waals surface area (Å²) in [5, 5.41) is 9.29. The summed E-state index contributed by atoms with van der Waals surface area (Å²) in [6, 6.07) is 14.8. The maximum atomic E-state index is 12.4. The van der Waals surface area contributed by atoms with Gasteiger partial charge in [-0.15, -0.1) is 0 Å². The minimum atomic E-state index is -0.0690. The number of carbonyl (C=O) groups excluding carboxylic acids is 1. The zero-order chi connectivity index (χ0) is 12.5. The van der Waals surface area contributed by atoms with E-state index in [0.717, 1.165) is 29.5 Å². The van der Waals surface area contributed by atoms with Crippen LogP contribution in [0.5, 0.6) is 5.75 Å². The molecular weight excluding hydrogens is 224 g/mol. The van der Waals surface area contributed by atoms with Crippen LogP contribution in [0, 0.1) is 0 Å².